The predicted molar refractivity (Wildman–Crippen MR) is 70.3 cm³/mol. The molecule has 90 valence electrons. The van der Waals surface area contributed by atoms with Gasteiger partial charge < -0.3 is 10.6 Å². The Bertz CT molecular complexity index is 440. The van der Waals surface area contributed by atoms with Gasteiger partial charge in [0.05, 0.1) is 0 Å². The number of amides is 1. The first-order valence-corrected chi connectivity index (χ1v) is 5.22. The van der Waals surface area contributed by atoms with Crippen molar-refractivity contribution in [3.05, 3.63) is 59.9 Å². The molecule has 0 atom stereocenters. The first-order valence-electron chi connectivity index (χ1n) is 5.22. The quantitative estimate of drug-likeness (QED) is 0.894. The third-order valence-electron chi connectivity index (χ3n) is 2.48. The lowest BCUT2D eigenvalue weighted by molar-refractivity contribution is -0.114. The Morgan fingerprint density at radius 1 is 1.29 bits per heavy atom. The van der Waals surface area contributed by atoms with Gasteiger partial charge in [-0.2, -0.15) is 0 Å². The molecule has 17 heavy (non-hydrogen) atoms. The Labute approximate surface area is 107 Å². The summed E-state index contributed by atoms with van der Waals surface area (Å²) in [6, 6.07) is 10.1. The number of primary amides is 1. The van der Waals surface area contributed by atoms with Crippen LogP contribution in [0.1, 0.15) is 12.0 Å². The van der Waals surface area contributed by atoms with Gasteiger partial charge in [0.25, 0.3) is 0 Å². The summed E-state index contributed by atoms with van der Waals surface area (Å²) in [6.07, 6.45) is 6.36. The molecule has 0 saturated heterocycles. The maximum Gasteiger partial charge on any atom is 0.246 e. The molecule has 3 nitrogen and oxygen atoms in total. The van der Waals surface area contributed by atoms with E-state index in [0.29, 0.717) is 12.0 Å². The van der Waals surface area contributed by atoms with Gasteiger partial charge >= 0.3 is 0 Å². The molecule has 0 unspecified atom stereocenters. The highest BCUT2D eigenvalue weighted by atomic mass is 35.5. The van der Waals surface area contributed by atoms with Gasteiger partial charge in [-0.05, 0) is 12.0 Å². The van der Waals surface area contributed by atoms with E-state index < -0.39 is 0 Å². The van der Waals surface area contributed by atoms with Gasteiger partial charge in [0.1, 0.15) is 0 Å². The number of rotatable bonds is 3. The molecule has 1 aliphatic rings. The van der Waals surface area contributed by atoms with Crippen molar-refractivity contribution in [1.29, 1.82) is 0 Å². The molecule has 1 amide bonds. The molecule has 1 aliphatic heterocycles. The van der Waals surface area contributed by atoms with Gasteiger partial charge in [0, 0.05) is 24.5 Å². The second kappa shape index (κ2) is 6.11. The van der Waals surface area contributed by atoms with Crippen LogP contribution in [0.25, 0.3) is 0 Å². The van der Waals surface area contributed by atoms with E-state index in [1.54, 1.807) is 0 Å². The number of allylic oxidation sites excluding steroid dienone is 1. The van der Waals surface area contributed by atoms with E-state index in [-0.39, 0.29) is 18.3 Å². The normalized spacial score (nSPS) is 13.9. The Morgan fingerprint density at radius 2 is 2.00 bits per heavy atom. The maximum atomic E-state index is 11.0. The van der Waals surface area contributed by atoms with Crippen molar-refractivity contribution < 1.29 is 4.79 Å². The van der Waals surface area contributed by atoms with Crippen LogP contribution in [0.3, 0.4) is 0 Å². The average molecular weight is 251 g/mol. The van der Waals surface area contributed by atoms with Crippen molar-refractivity contribution >= 4 is 18.3 Å². The van der Waals surface area contributed by atoms with Gasteiger partial charge in [0.2, 0.25) is 5.91 Å². The minimum Gasteiger partial charge on any atom is -0.366 e. The molecule has 1 aromatic carbocycles. The molecule has 1 heterocycles. The van der Waals surface area contributed by atoms with E-state index in [2.05, 4.69) is 12.1 Å². The second-order valence-corrected chi connectivity index (χ2v) is 3.77. The summed E-state index contributed by atoms with van der Waals surface area (Å²) in [6.45, 7) is 0.758. The molecular formula is C13H15ClN2O. The van der Waals surface area contributed by atoms with Crippen LogP contribution in [-0.4, -0.2) is 10.8 Å². The third-order valence-corrected chi connectivity index (χ3v) is 2.48. The zero-order chi connectivity index (χ0) is 11.4. The average Bonchev–Trinajstić information content (AvgIpc) is 2.30. The van der Waals surface area contributed by atoms with E-state index in [0.717, 1.165) is 6.54 Å². The Kier molecular flexibility index (Phi) is 4.79. The van der Waals surface area contributed by atoms with E-state index in [1.165, 1.54) is 5.56 Å². The number of benzene rings is 1. The van der Waals surface area contributed by atoms with Crippen molar-refractivity contribution in [3.63, 3.8) is 0 Å². The van der Waals surface area contributed by atoms with Crippen LogP contribution in [0.4, 0.5) is 0 Å². The number of carbonyl (C=O) groups is 1. The molecule has 4 heteroatoms. The zero-order valence-electron chi connectivity index (χ0n) is 9.37. The van der Waals surface area contributed by atoms with Crippen molar-refractivity contribution in [3.8, 4) is 0 Å². The van der Waals surface area contributed by atoms with Crippen LogP contribution in [0, 0.1) is 0 Å². The minimum absolute atomic E-state index is 0. The number of hydrogen-bond donors (Lipinski definition) is 1. The lowest BCUT2D eigenvalue weighted by Crippen LogP contribution is -2.20. The van der Waals surface area contributed by atoms with Crippen molar-refractivity contribution in [2.45, 2.75) is 13.0 Å². The van der Waals surface area contributed by atoms with Crippen LogP contribution in [-0.2, 0) is 11.3 Å². The minimum atomic E-state index is -0.345. The van der Waals surface area contributed by atoms with Crippen LogP contribution in [0.2, 0.25) is 0 Å². The topological polar surface area (TPSA) is 46.3 Å². The summed E-state index contributed by atoms with van der Waals surface area (Å²) < 4.78 is 0. The summed E-state index contributed by atoms with van der Waals surface area (Å²) in [5.74, 6) is -0.345. The SMILES string of the molecule is Cl.NC(=O)C1=CN(Cc2ccccc2)C=CC1. The van der Waals surface area contributed by atoms with Crippen molar-refractivity contribution in [2.75, 3.05) is 0 Å². The molecule has 0 aromatic heterocycles. The molecule has 0 fully saturated rings. The fraction of sp³-hybridized carbons (Fsp3) is 0.154. The predicted octanol–water partition coefficient (Wildman–Crippen LogP) is 2.20. The summed E-state index contributed by atoms with van der Waals surface area (Å²) in [5.41, 5.74) is 7.11. The number of nitrogens with zero attached hydrogens (tertiary/aromatic N) is 1. The monoisotopic (exact) mass is 250 g/mol. The molecule has 0 bridgehead atoms. The summed E-state index contributed by atoms with van der Waals surface area (Å²) in [5, 5.41) is 0. The molecule has 0 radical (unpaired) electrons. The Morgan fingerprint density at radius 3 is 2.65 bits per heavy atom. The first kappa shape index (κ1) is 13.3. The highest BCUT2D eigenvalue weighted by molar-refractivity contribution is 5.92. The molecule has 0 saturated carbocycles. The fourth-order valence-corrected chi connectivity index (χ4v) is 1.67. The van der Waals surface area contributed by atoms with E-state index >= 15 is 0 Å². The molecule has 0 aliphatic carbocycles. The summed E-state index contributed by atoms with van der Waals surface area (Å²) in [4.78, 5) is 13.0. The smallest absolute Gasteiger partial charge is 0.246 e. The van der Waals surface area contributed by atoms with E-state index in [4.69, 9.17) is 5.73 Å². The Balaban J connectivity index is 0.00000144. The van der Waals surface area contributed by atoms with Crippen LogP contribution < -0.4 is 5.73 Å². The highest BCUT2D eigenvalue weighted by Crippen LogP contribution is 2.14. The lowest BCUT2D eigenvalue weighted by Gasteiger charge is -2.20. The Hall–Kier alpha value is -1.74. The number of hydrogen-bond acceptors (Lipinski definition) is 2. The second-order valence-electron chi connectivity index (χ2n) is 3.77. The largest absolute Gasteiger partial charge is 0.366 e. The van der Waals surface area contributed by atoms with Gasteiger partial charge in [0.15, 0.2) is 0 Å². The highest BCUT2D eigenvalue weighted by Gasteiger charge is 2.09. The first-order chi connectivity index (χ1) is 7.75. The fourth-order valence-electron chi connectivity index (χ4n) is 1.67. The number of halogens is 1. The zero-order valence-corrected chi connectivity index (χ0v) is 10.2. The summed E-state index contributed by atoms with van der Waals surface area (Å²) >= 11 is 0. The number of nitrogens with two attached hydrogens (primary N) is 1. The van der Waals surface area contributed by atoms with Gasteiger partial charge in [-0.1, -0.05) is 36.4 Å². The molecule has 2 rings (SSSR count). The van der Waals surface area contributed by atoms with Crippen LogP contribution in [0.15, 0.2) is 54.4 Å². The van der Waals surface area contributed by atoms with Crippen molar-refractivity contribution in [1.82, 2.24) is 4.90 Å². The standard InChI is InChI=1S/C13H14N2O.ClH/c14-13(16)12-7-4-8-15(10-12)9-11-5-2-1-3-6-11;/h1-6,8,10H,7,9H2,(H2,14,16);1H. The van der Waals surface area contributed by atoms with E-state index in [1.807, 2.05) is 41.6 Å². The third kappa shape index (κ3) is 3.64. The molecule has 1 aromatic rings. The van der Waals surface area contributed by atoms with Gasteiger partial charge in [-0.15, -0.1) is 12.4 Å². The lowest BCUT2D eigenvalue weighted by atomic mass is 10.1. The van der Waals surface area contributed by atoms with Gasteiger partial charge in [-0.25, -0.2) is 0 Å². The van der Waals surface area contributed by atoms with E-state index in [9.17, 15) is 4.79 Å². The molecular weight excluding hydrogens is 236 g/mol. The number of carbonyl (C=O) groups excluding carboxylic acids is 1. The van der Waals surface area contributed by atoms with Crippen LogP contribution >= 0.6 is 12.4 Å². The molecule has 2 N–H and O–H groups in total. The van der Waals surface area contributed by atoms with Gasteiger partial charge in [-0.3, -0.25) is 4.79 Å². The van der Waals surface area contributed by atoms with Crippen molar-refractivity contribution in [2.24, 2.45) is 5.73 Å². The maximum absolute atomic E-state index is 11.0. The van der Waals surface area contributed by atoms with Crippen LogP contribution in [0.5, 0.6) is 0 Å². The molecule has 0 spiro atoms. The summed E-state index contributed by atoms with van der Waals surface area (Å²) in [7, 11) is 0.